The van der Waals surface area contributed by atoms with E-state index in [-0.39, 0.29) is 16.6 Å². The van der Waals surface area contributed by atoms with Gasteiger partial charge < -0.3 is 0 Å². The molecule has 90 valence electrons. The Hall–Kier alpha value is 0.210. The van der Waals surface area contributed by atoms with Crippen molar-refractivity contribution in [2.45, 2.75) is 32.6 Å². The van der Waals surface area contributed by atoms with Crippen molar-refractivity contribution in [3.05, 3.63) is 33.0 Å². The summed E-state index contributed by atoms with van der Waals surface area (Å²) in [5, 5.41) is 0.0945. The minimum absolute atomic E-state index is 0.167. The first-order chi connectivity index (χ1) is 7.29. The molecular weight excluding hydrogens is 314 g/mol. The third-order valence-corrected chi connectivity index (χ3v) is 4.93. The first kappa shape index (κ1) is 14.3. The predicted octanol–water partition coefficient (Wildman–Crippen LogP) is 5.96. The van der Waals surface area contributed by atoms with Gasteiger partial charge in [0, 0.05) is 10.0 Å². The summed E-state index contributed by atoms with van der Waals surface area (Å²) in [6, 6.07) is 2.95. The summed E-state index contributed by atoms with van der Waals surface area (Å²) in [6.07, 6.45) is 0.869. The van der Waals surface area contributed by atoms with Crippen LogP contribution in [0.1, 0.15) is 38.1 Å². The number of hydrogen-bond donors (Lipinski definition) is 0. The lowest BCUT2D eigenvalue weighted by atomic mass is 9.82. The van der Waals surface area contributed by atoms with Crippen LogP contribution in [-0.2, 0) is 0 Å². The van der Waals surface area contributed by atoms with Gasteiger partial charge in [-0.1, -0.05) is 32.4 Å². The zero-order chi connectivity index (χ0) is 12.5. The Balaban J connectivity index is 3.19. The molecular formula is C12H14BrCl2F. The fraction of sp³-hybridized carbons (Fsp3) is 0.500. The van der Waals surface area contributed by atoms with Gasteiger partial charge in [0.25, 0.3) is 0 Å². The molecule has 0 aliphatic rings. The molecule has 0 aliphatic carbocycles. The lowest BCUT2D eigenvalue weighted by Crippen LogP contribution is -2.18. The molecule has 1 aromatic carbocycles. The van der Waals surface area contributed by atoms with Crippen molar-refractivity contribution in [2.24, 2.45) is 5.41 Å². The van der Waals surface area contributed by atoms with Crippen LogP contribution >= 0.6 is 39.1 Å². The fourth-order valence-corrected chi connectivity index (χ4v) is 2.14. The highest BCUT2D eigenvalue weighted by Gasteiger charge is 2.29. The van der Waals surface area contributed by atoms with Crippen molar-refractivity contribution in [3.8, 4) is 0 Å². The molecule has 0 N–H and O–H groups in total. The van der Waals surface area contributed by atoms with E-state index < -0.39 is 0 Å². The standard InChI is InChI=1S/C12H14BrCl2F/c1-4-12(2,3)11(15)7-5-9(14)8(13)6-10(7)16/h5-6,11H,4H2,1-3H3. The van der Waals surface area contributed by atoms with Crippen LogP contribution in [0, 0.1) is 11.2 Å². The first-order valence-corrected chi connectivity index (χ1v) is 6.69. The smallest absolute Gasteiger partial charge is 0.129 e. The van der Waals surface area contributed by atoms with Crippen molar-refractivity contribution in [2.75, 3.05) is 0 Å². The van der Waals surface area contributed by atoms with E-state index in [4.69, 9.17) is 23.2 Å². The average molecular weight is 328 g/mol. The van der Waals surface area contributed by atoms with Crippen LogP contribution in [0.4, 0.5) is 4.39 Å². The highest BCUT2D eigenvalue weighted by atomic mass is 79.9. The van der Waals surface area contributed by atoms with Gasteiger partial charge in [-0.05, 0) is 39.9 Å². The highest BCUT2D eigenvalue weighted by Crippen LogP contribution is 2.43. The summed E-state index contributed by atoms with van der Waals surface area (Å²) >= 11 is 15.4. The van der Waals surface area contributed by atoms with Crippen molar-refractivity contribution in [1.82, 2.24) is 0 Å². The zero-order valence-corrected chi connectivity index (χ0v) is 12.5. The predicted molar refractivity (Wildman–Crippen MR) is 71.8 cm³/mol. The molecule has 0 saturated carbocycles. The Bertz CT molecular complexity index is 391. The lowest BCUT2D eigenvalue weighted by Gasteiger charge is -2.29. The van der Waals surface area contributed by atoms with Crippen LogP contribution < -0.4 is 0 Å². The molecule has 1 unspecified atom stereocenters. The van der Waals surface area contributed by atoms with Gasteiger partial charge in [-0.25, -0.2) is 4.39 Å². The molecule has 16 heavy (non-hydrogen) atoms. The Kier molecular flexibility index (Phi) is 4.67. The van der Waals surface area contributed by atoms with E-state index in [1.807, 2.05) is 20.8 Å². The van der Waals surface area contributed by atoms with Gasteiger partial charge in [-0.3, -0.25) is 0 Å². The number of benzene rings is 1. The maximum atomic E-state index is 13.8. The molecule has 1 atom stereocenters. The van der Waals surface area contributed by atoms with E-state index in [9.17, 15) is 4.39 Å². The Morgan fingerprint density at radius 2 is 2.00 bits per heavy atom. The van der Waals surface area contributed by atoms with E-state index in [2.05, 4.69) is 15.9 Å². The number of hydrogen-bond acceptors (Lipinski definition) is 0. The molecule has 0 spiro atoms. The molecule has 1 rings (SSSR count). The summed E-state index contributed by atoms with van der Waals surface area (Å²) in [4.78, 5) is 0. The summed E-state index contributed by atoms with van der Waals surface area (Å²) in [6.45, 7) is 6.06. The summed E-state index contributed by atoms with van der Waals surface area (Å²) in [5.74, 6) is -0.321. The van der Waals surface area contributed by atoms with E-state index in [1.165, 1.54) is 6.07 Å². The molecule has 0 heterocycles. The minimum Gasteiger partial charge on any atom is -0.207 e. The Labute approximate surface area is 114 Å². The third kappa shape index (κ3) is 2.91. The maximum absolute atomic E-state index is 13.8. The van der Waals surface area contributed by atoms with Crippen LogP contribution in [0.5, 0.6) is 0 Å². The Morgan fingerprint density at radius 3 is 2.50 bits per heavy atom. The van der Waals surface area contributed by atoms with Crippen molar-refractivity contribution < 1.29 is 4.39 Å². The summed E-state index contributed by atoms with van der Waals surface area (Å²) in [5.41, 5.74) is 0.293. The van der Waals surface area contributed by atoms with Gasteiger partial charge in [0.05, 0.1) is 10.4 Å². The van der Waals surface area contributed by atoms with E-state index in [1.54, 1.807) is 6.07 Å². The number of rotatable bonds is 3. The zero-order valence-electron chi connectivity index (χ0n) is 9.45. The van der Waals surface area contributed by atoms with Gasteiger partial charge >= 0.3 is 0 Å². The van der Waals surface area contributed by atoms with Crippen molar-refractivity contribution in [1.29, 1.82) is 0 Å². The second-order valence-electron chi connectivity index (χ2n) is 4.49. The van der Waals surface area contributed by atoms with Crippen molar-refractivity contribution >= 4 is 39.1 Å². The first-order valence-electron chi connectivity index (χ1n) is 5.08. The number of halogens is 4. The highest BCUT2D eigenvalue weighted by molar-refractivity contribution is 9.10. The van der Waals surface area contributed by atoms with E-state index in [0.717, 1.165) is 6.42 Å². The molecule has 4 heteroatoms. The van der Waals surface area contributed by atoms with Gasteiger partial charge in [0.15, 0.2) is 0 Å². The molecule has 0 amide bonds. The van der Waals surface area contributed by atoms with Crippen LogP contribution in [0.3, 0.4) is 0 Å². The molecule has 1 aromatic rings. The van der Waals surface area contributed by atoms with Gasteiger partial charge in [0.2, 0.25) is 0 Å². The van der Waals surface area contributed by atoms with E-state index >= 15 is 0 Å². The average Bonchev–Trinajstić information content (AvgIpc) is 2.22. The van der Waals surface area contributed by atoms with Crippen LogP contribution in [0.15, 0.2) is 16.6 Å². The Morgan fingerprint density at radius 1 is 1.44 bits per heavy atom. The second kappa shape index (κ2) is 5.24. The number of alkyl halides is 1. The summed E-state index contributed by atoms with van der Waals surface area (Å²) < 4.78 is 14.3. The van der Waals surface area contributed by atoms with Crippen LogP contribution in [0.2, 0.25) is 5.02 Å². The maximum Gasteiger partial charge on any atom is 0.129 e. The molecule has 0 nitrogen and oxygen atoms in total. The van der Waals surface area contributed by atoms with Gasteiger partial charge in [0.1, 0.15) is 5.82 Å². The van der Waals surface area contributed by atoms with Gasteiger partial charge in [-0.15, -0.1) is 11.6 Å². The monoisotopic (exact) mass is 326 g/mol. The normalized spacial score (nSPS) is 13.9. The third-order valence-electron chi connectivity index (χ3n) is 2.91. The quantitative estimate of drug-likeness (QED) is 0.474. The van der Waals surface area contributed by atoms with Crippen LogP contribution in [0.25, 0.3) is 0 Å². The molecule has 0 bridgehead atoms. The summed E-state index contributed by atoms with van der Waals surface area (Å²) in [7, 11) is 0. The molecule has 0 fully saturated rings. The minimum atomic E-state index is -0.386. The lowest BCUT2D eigenvalue weighted by molar-refractivity contribution is 0.330. The van der Waals surface area contributed by atoms with E-state index in [0.29, 0.717) is 15.1 Å². The van der Waals surface area contributed by atoms with Crippen molar-refractivity contribution in [3.63, 3.8) is 0 Å². The SMILES string of the molecule is CCC(C)(C)C(Cl)c1cc(Cl)c(Br)cc1F. The van der Waals surface area contributed by atoms with Crippen LogP contribution in [-0.4, -0.2) is 0 Å². The molecule has 0 radical (unpaired) electrons. The topological polar surface area (TPSA) is 0 Å². The molecule has 0 saturated heterocycles. The molecule has 0 aromatic heterocycles. The largest absolute Gasteiger partial charge is 0.207 e. The van der Waals surface area contributed by atoms with Gasteiger partial charge in [-0.2, -0.15) is 0 Å². The molecule has 0 aliphatic heterocycles. The fourth-order valence-electron chi connectivity index (χ4n) is 1.33. The second-order valence-corrected chi connectivity index (χ2v) is 6.19.